The standard InChI is InChI=1S/C65H118O5/c1-4-7-10-13-16-19-22-25-28-31-33-35-37-40-43-46-49-52-55-58-64(66)69-62-63(61-68-60-57-54-51-48-45-42-39-36-32-29-26-23-20-17-14-11-8-5-2)70-65(67)59-56-53-50-47-44-41-38-34-30-27-24-21-18-15-12-9-6-3/h7,10,16,19,25,28,33,35,40,43,63H,4-6,8-9,11-15,17-18,20-24,26-27,29-32,34,36-39,41-42,44-62H2,1-3H3/b10-7-,19-16-,28-25-,35-33-,43-40-. The third-order valence-electron chi connectivity index (χ3n) is 13.6. The van der Waals surface area contributed by atoms with Crippen molar-refractivity contribution >= 4 is 11.9 Å². The third-order valence-corrected chi connectivity index (χ3v) is 13.6. The van der Waals surface area contributed by atoms with Crippen LogP contribution in [0.1, 0.15) is 316 Å². The van der Waals surface area contributed by atoms with Crippen LogP contribution in [0.2, 0.25) is 0 Å². The minimum absolute atomic E-state index is 0.0722. The molecule has 0 N–H and O–H groups in total. The van der Waals surface area contributed by atoms with E-state index in [1.165, 1.54) is 199 Å². The van der Waals surface area contributed by atoms with Crippen LogP contribution in [0.3, 0.4) is 0 Å². The molecule has 0 aromatic carbocycles. The van der Waals surface area contributed by atoms with Gasteiger partial charge in [0.25, 0.3) is 0 Å². The predicted octanol–water partition coefficient (Wildman–Crippen LogP) is 21.2. The summed E-state index contributed by atoms with van der Waals surface area (Å²) in [5, 5.41) is 0. The SMILES string of the molecule is CC/C=C\C/C=C\C/C=C\C/C=C\C/C=C\CCCCCC(=O)OCC(COCCCCCCCCCCCCCCCCCCCC)OC(=O)CCCCCCCCCCCCCCCCCCC. The van der Waals surface area contributed by atoms with Gasteiger partial charge in [-0.25, -0.2) is 0 Å². The summed E-state index contributed by atoms with van der Waals surface area (Å²) in [6.07, 6.45) is 78.2. The lowest BCUT2D eigenvalue weighted by atomic mass is 10.0. The Morgan fingerprint density at radius 1 is 0.329 bits per heavy atom. The zero-order chi connectivity index (χ0) is 50.6. The molecule has 0 amide bonds. The average Bonchev–Trinajstić information content (AvgIpc) is 3.36. The molecule has 1 atom stereocenters. The van der Waals surface area contributed by atoms with E-state index in [4.69, 9.17) is 14.2 Å². The number of hydrogen-bond acceptors (Lipinski definition) is 5. The van der Waals surface area contributed by atoms with Gasteiger partial charge in [0.1, 0.15) is 6.61 Å². The molecule has 0 aliphatic heterocycles. The van der Waals surface area contributed by atoms with Crippen LogP contribution in [0.5, 0.6) is 0 Å². The Labute approximate surface area is 436 Å². The molecule has 0 spiro atoms. The Balaban J connectivity index is 4.30. The molecule has 5 heteroatoms. The van der Waals surface area contributed by atoms with Crippen molar-refractivity contribution in [1.29, 1.82) is 0 Å². The molecule has 70 heavy (non-hydrogen) atoms. The van der Waals surface area contributed by atoms with E-state index < -0.39 is 6.10 Å². The molecule has 0 heterocycles. The summed E-state index contributed by atoms with van der Waals surface area (Å²) in [6, 6.07) is 0. The first-order valence-corrected chi connectivity index (χ1v) is 30.8. The number of allylic oxidation sites excluding steroid dienone is 10. The Morgan fingerprint density at radius 2 is 0.643 bits per heavy atom. The summed E-state index contributed by atoms with van der Waals surface area (Å²) in [7, 11) is 0. The molecule has 0 bridgehead atoms. The van der Waals surface area contributed by atoms with Gasteiger partial charge in [0.15, 0.2) is 6.10 Å². The molecule has 0 aliphatic carbocycles. The maximum absolute atomic E-state index is 12.9. The Kier molecular flexibility index (Phi) is 58.8. The summed E-state index contributed by atoms with van der Waals surface area (Å²) in [5.74, 6) is -0.415. The lowest BCUT2D eigenvalue weighted by Gasteiger charge is -2.18. The molecule has 0 aromatic heterocycles. The van der Waals surface area contributed by atoms with Crippen molar-refractivity contribution in [2.24, 2.45) is 0 Å². The highest BCUT2D eigenvalue weighted by Crippen LogP contribution is 2.17. The van der Waals surface area contributed by atoms with Crippen molar-refractivity contribution in [3.63, 3.8) is 0 Å². The van der Waals surface area contributed by atoms with Crippen LogP contribution in [0, 0.1) is 0 Å². The molecule has 0 radical (unpaired) electrons. The van der Waals surface area contributed by atoms with Gasteiger partial charge >= 0.3 is 11.9 Å². The van der Waals surface area contributed by atoms with E-state index in [9.17, 15) is 9.59 Å². The molecule has 0 fully saturated rings. The van der Waals surface area contributed by atoms with Crippen LogP contribution in [-0.4, -0.2) is 37.9 Å². The highest BCUT2D eigenvalue weighted by atomic mass is 16.6. The minimum Gasteiger partial charge on any atom is -0.462 e. The van der Waals surface area contributed by atoms with Crippen LogP contribution in [0.4, 0.5) is 0 Å². The van der Waals surface area contributed by atoms with E-state index in [0.717, 1.165) is 83.5 Å². The molecule has 0 rings (SSSR count). The van der Waals surface area contributed by atoms with Gasteiger partial charge in [-0.15, -0.1) is 0 Å². The van der Waals surface area contributed by atoms with Crippen molar-refractivity contribution in [3.05, 3.63) is 60.8 Å². The lowest BCUT2D eigenvalue weighted by molar-refractivity contribution is -0.163. The molecular weight excluding hydrogens is 861 g/mol. The van der Waals surface area contributed by atoms with Gasteiger partial charge in [-0.3, -0.25) is 9.59 Å². The van der Waals surface area contributed by atoms with Crippen LogP contribution in [-0.2, 0) is 23.8 Å². The first-order valence-electron chi connectivity index (χ1n) is 30.8. The number of rotatable bonds is 57. The van der Waals surface area contributed by atoms with Gasteiger partial charge < -0.3 is 14.2 Å². The zero-order valence-corrected chi connectivity index (χ0v) is 47.0. The lowest BCUT2D eigenvalue weighted by Crippen LogP contribution is -2.30. The van der Waals surface area contributed by atoms with Crippen LogP contribution >= 0.6 is 0 Å². The number of esters is 2. The van der Waals surface area contributed by atoms with E-state index in [2.05, 4.69) is 81.5 Å². The highest BCUT2D eigenvalue weighted by Gasteiger charge is 2.17. The van der Waals surface area contributed by atoms with E-state index in [-0.39, 0.29) is 25.2 Å². The molecule has 0 aliphatic rings. The number of hydrogen-bond donors (Lipinski definition) is 0. The van der Waals surface area contributed by atoms with Crippen molar-refractivity contribution in [3.8, 4) is 0 Å². The largest absolute Gasteiger partial charge is 0.462 e. The number of ether oxygens (including phenoxy) is 3. The van der Waals surface area contributed by atoms with Gasteiger partial charge in [-0.05, 0) is 64.2 Å². The number of unbranched alkanes of at least 4 members (excludes halogenated alkanes) is 36. The van der Waals surface area contributed by atoms with E-state index in [0.29, 0.717) is 19.4 Å². The maximum Gasteiger partial charge on any atom is 0.306 e. The topological polar surface area (TPSA) is 61.8 Å². The molecule has 0 aromatic rings. The van der Waals surface area contributed by atoms with Crippen LogP contribution in [0.15, 0.2) is 60.8 Å². The van der Waals surface area contributed by atoms with Gasteiger partial charge in [-0.1, -0.05) is 300 Å². The fourth-order valence-corrected chi connectivity index (χ4v) is 9.01. The zero-order valence-electron chi connectivity index (χ0n) is 47.0. The molecule has 5 nitrogen and oxygen atoms in total. The third kappa shape index (κ3) is 58.2. The molecule has 1 unspecified atom stereocenters. The highest BCUT2D eigenvalue weighted by molar-refractivity contribution is 5.70. The van der Waals surface area contributed by atoms with Crippen molar-refractivity contribution in [1.82, 2.24) is 0 Å². The number of carbonyl (C=O) groups excluding carboxylic acids is 2. The quantitative estimate of drug-likeness (QED) is 0.0345. The van der Waals surface area contributed by atoms with Crippen LogP contribution < -0.4 is 0 Å². The maximum atomic E-state index is 12.9. The number of carbonyl (C=O) groups is 2. The Hall–Kier alpha value is -2.40. The average molecular weight is 980 g/mol. The fraction of sp³-hybridized carbons (Fsp3) is 0.815. The smallest absolute Gasteiger partial charge is 0.306 e. The second-order valence-electron chi connectivity index (χ2n) is 20.6. The minimum atomic E-state index is -0.548. The van der Waals surface area contributed by atoms with Gasteiger partial charge in [-0.2, -0.15) is 0 Å². The van der Waals surface area contributed by atoms with E-state index in [1.54, 1.807) is 0 Å². The molecule has 0 saturated carbocycles. The summed E-state index contributed by atoms with van der Waals surface area (Å²) in [4.78, 5) is 25.6. The summed E-state index contributed by atoms with van der Waals surface area (Å²) >= 11 is 0. The van der Waals surface area contributed by atoms with E-state index >= 15 is 0 Å². The first-order chi connectivity index (χ1) is 34.6. The van der Waals surface area contributed by atoms with Crippen molar-refractivity contribution in [2.45, 2.75) is 322 Å². The summed E-state index contributed by atoms with van der Waals surface area (Å²) < 4.78 is 17.5. The molecular formula is C65H118O5. The van der Waals surface area contributed by atoms with E-state index in [1.807, 2.05) is 0 Å². The first kappa shape index (κ1) is 67.6. The van der Waals surface area contributed by atoms with Gasteiger partial charge in [0.2, 0.25) is 0 Å². The van der Waals surface area contributed by atoms with Gasteiger partial charge in [0.05, 0.1) is 6.61 Å². The second-order valence-corrected chi connectivity index (χ2v) is 20.6. The molecule has 408 valence electrons. The second kappa shape index (κ2) is 60.9. The normalized spacial score (nSPS) is 12.6. The van der Waals surface area contributed by atoms with Crippen molar-refractivity contribution in [2.75, 3.05) is 19.8 Å². The summed E-state index contributed by atoms with van der Waals surface area (Å²) in [6.45, 7) is 7.75. The van der Waals surface area contributed by atoms with Gasteiger partial charge in [0, 0.05) is 19.4 Å². The molecule has 0 saturated heterocycles. The fourth-order valence-electron chi connectivity index (χ4n) is 9.01. The van der Waals surface area contributed by atoms with Crippen LogP contribution in [0.25, 0.3) is 0 Å². The monoisotopic (exact) mass is 979 g/mol. The van der Waals surface area contributed by atoms with Crippen molar-refractivity contribution < 1.29 is 23.8 Å². The summed E-state index contributed by atoms with van der Waals surface area (Å²) in [5.41, 5.74) is 0. The Morgan fingerprint density at radius 3 is 1.03 bits per heavy atom. The Bertz CT molecular complexity index is 1200. The predicted molar refractivity (Wildman–Crippen MR) is 307 cm³/mol.